The van der Waals surface area contributed by atoms with E-state index in [2.05, 4.69) is 4.98 Å². The quantitative estimate of drug-likeness (QED) is 0.881. The van der Waals surface area contributed by atoms with Crippen LogP contribution in [0.25, 0.3) is 5.65 Å². The van der Waals surface area contributed by atoms with E-state index >= 15 is 0 Å². The molecule has 4 heteroatoms. The van der Waals surface area contributed by atoms with Crippen molar-refractivity contribution in [3.63, 3.8) is 0 Å². The first-order valence-electron chi connectivity index (χ1n) is 5.95. The summed E-state index contributed by atoms with van der Waals surface area (Å²) in [4.78, 5) is 15.6. The fourth-order valence-corrected chi connectivity index (χ4v) is 2.25. The number of aromatic carboxylic acids is 1. The highest BCUT2D eigenvalue weighted by Crippen LogP contribution is 2.40. The van der Waals surface area contributed by atoms with Gasteiger partial charge in [0.1, 0.15) is 5.65 Å². The molecule has 1 aliphatic rings. The van der Waals surface area contributed by atoms with Gasteiger partial charge in [0.15, 0.2) is 5.69 Å². The highest BCUT2D eigenvalue weighted by Gasteiger charge is 2.25. The topological polar surface area (TPSA) is 54.6 Å². The lowest BCUT2D eigenvalue weighted by Gasteiger charge is -2.00. The highest BCUT2D eigenvalue weighted by molar-refractivity contribution is 5.88. The number of hydrogen-bond donors (Lipinski definition) is 1. The summed E-state index contributed by atoms with van der Waals surface area (Å²) in [6.07, 6.45) is 4.95. The Bertz CT molecular complexity index is 597. The van der Waals surface area contributed by atoms with Crippen LogP contribution in [-0.2, 0) is 6.42 Å². The van der Waals surface area contributed by atoms with E-state index in [-0.39, 0.29) is 0 Å². The average molecular weight is 230 g/mol. The van der Waals surface area contributed by atoms with E-state index in [1.165, 1.54) is 18.4 Å². The van der Waals surface area contributed by atoms with E-state index in [9.17, 15) is 9.90 Å². The number of nitrogens with zero attached hydrogens (tertiary/aromatic N) is 2. The lowest BCUT2D eigenvalue weighted by Crippen LogP contribution is -2.04. The zero-order valence-corrected chi connectivity index (χ0v) is 9.68. The number of pyridine rings is 1. The van der Waals surface area contributed by atoms with Gasteiger partial charge < -0.3 is 5.11 Å². The van der Waals surface area contributed by atoms with Gasteiger partial charge in [0, 0.05) is 6.20 Å². The molecule has 0 radical (unpaired) electrons. The van der Waals surface area contributed by atoms with Gasteiger partial charge >= 0.3 is 5.97 Å². The Morgan fingerprint density at radius 2 is 2.35 bits per heavy atom. The minimum absolute atomic E-state index is 0.296. The van der Waals surface area contributed by atoms with Gasteiger partial charge in [-0.05, 0) is 42.9 Å². The normalized spacial score (nSPS) is 15.4. The Balaban J connectivity index is 2.21. The van der Waals surface area contributed by atoms with Crippen LogP contribution >= 0.6 is 0 Å². The molecule has 1 N–H and O–H groups in total. The summed E-state index contributed by atoms with van der Waals surface area (Å²) in [7, 11) is 0. The van der Waals surface area contributed by atoms with Crippen LogP contribution in [0.4, 0.5) is 0 Å². The second-order valence-electron chi connectivity index (χ2n) is 4.53. The summed E-state index contributed by atoms with van der Waals surface area (Å²) in [6, 6.07) is 4.03. The molecule has 0 aliphatic heterocycles. The summed E-state index contributed by atoms with van der Waals surface area (Å²) in [5.41, 5.74) is 2.99. The minimum atomic E-state index is -0.909. The van der Waals surface area contributed by atoms with Crippen LogP contribution in [0.3, 0.4) is 0 Å². The zero-order valence-electron chi connectivity index (χ0n) is 9.68. The lowest BCUT2D eigenvalue weighted by molar-refractivity contribution is 0.0688. The van der Waals surface area contributed by atoms with Crippen LogP contribution < -0.4 is 0 Å². The molecule has 0 atom stereocenters. The molecule has 3 rings (SSSR count). The van der Waals surface area contributed by atoms with Crippen LogP contribution in [0.1, 0.15) is 47.4 Å². The Labute approximate surface area is 98.9 Å². The maximum Gasteiger partial charge on any atom is 0.354 e. The number of aryl methyl sites for hydroxylation is 1. The molecule has 2 aromatic rings. The van der Waals surface area contributed by atoms with E-state index in [0.717, 1.165) is 5.65 Å². The zero-order chi connectivity index (χ0) is 12.0. The number of rotatable bonds is 3. The summed E-state index contributed by atoms with van der Waals surface area (Å²) in [6.45, 7) is 1.93. The maximum absolute atomic E-state index is 11.2. The molecule has 17 heavy (non-hydrogen) atoms. The summed E-state index contributed by atoms with van der Waals surface area (Å²) in [5, 5.41) is 9.21. The first kappa shape index (κ1) is 10.3. The van der Waals surface area contributed by atoms with E-state index in [1.54, 1.807) is 4.40 Å². The van der Waals surface area contributed by atoms with Gasteiger partial charge in [0.05, 0.1) is 5.69 Å². The molecule has 4 nitrogen and oxygen atoms in total. The monoisotopic (exact) mass is 230 g/mol. The van der Waals surface area contributed by atoms with Crippen LogP contribution in [0.15, 0.2) is 18.3 Å². The number of carbonyl (C=O) groups is 1. The van der Waals surface area contributed by atoms with Crippen LogP contribution in [-0.4, -0.2) is 20.5 Å². The number of imidazole rings is 1. The molecule has 0 aromatic carbocycles. The number of fused-ring (bicyclic) bond motifs is 1. The predicted molar refractivity (Wildman–Crippen MR) is 63.5 cm³/mol. The van der Waals surface area contributed by atoms with Gasteiger partial charge in [0.25, 0.3) is 0 Å². The molecule has 0 amide bonds. The summed E-state index contributed by atoms with van der Waals surface area (Å²) in [5.74, 6) is -0.247. The summed E-state index contributed by atoms with van der Waals surface area (Å²) >= 11 is 0. The number of carboxylic acid groups (broad SMARTS) is 1. The van der Waals surface area contributed by atoms with Crippen molar-refractivity contribution in [2.75, 3.05) is 0 Å². The van der Waals surface area contributed by atoms with Crippen molar-refractivity contribution in [3.8, 4) is 0 Å². The molecule has 1 saturated carbocycles. The van der Waals surface area contributed by atoms with E-state index in [1.807, 2.05) is 25.3 Å². The van der Waals surface area contributed by atoms with Crippen molar-refractivity contribution in [2.24, 2.45) is 0 Å². The Morgan fingerprint density at radius 3 is 2.94 bits per heavy atom. The molecule has 0 spiro atoms. The molecular formula is C13H14N2O2. The van der Waals surface area contributed by atoms with Gasteiger partial charge in [-0.2, -0.15) is 0 Å². The third-order valence-electron chi connectivity index (χ3n) is 3.31. The standard InChI is InChI=1S/C13H14N2O2/c1-2-10-12(13(16)17)15-6-5-9(8-3-4-8)7-11(15)14-10/h5-8H,2-4H2,1H3,(H,16,17). The first-order chi connectivity index (χ1) is 8.20. The molecule has 0 saturated heterocycles. The van der Waals surface area contributed by atoms with Crippen LogP contribution in [0.5, 0.6) is 0 Å². The van der Waals surface area contributed by atoms with Gasteiger partial charge in [-0.1, -0.05) is 6.92 Å². The second kappa shape index (κ2) is 3.58. The summed E-state index contributed by atoms with van der Waals surface area (Å²) < 4.78 is 1.67. The van der Waals surface area contributed by atoms with Crippen LogP contribution in [0.2, 0.25) is 0 Å². The minimum Gasteiger partial charge on any atom is -0.477 e. The number of hydrogen-bond acceptors (Lipinski definition) is 2. The molecule has 88 valence electrons. The van der Waals surface area contributed by atoms with Crippen molar-refractivity contribution in [1.82, 2.24) is 9.38 Å². The van der Waals surface area contributed by atoms with Gasteiger partial charge in [-0.15, -0.1) is 0 Å². The Morgan fingerprint density at radius 1 is 1.59 bits per heavy atom. The second-order valence-corrected chi connectivity index (χ2v) is 4.53. The Hall–Kier alpha value is -1.84. The van der Waals surface area contributed by atoms with Gasteiger partial charge in [0.2, 0.25) is 0 Å². The molecule has 1 aliphatic carbocycles. The highest BCUT2D eigenvalue weighted by atomic mass is 16.4. The smallest absolute Gasteiger partial charge is 0.354 e. The number of aromatic nitrogens is 2. The van der Waals surface area contributed by atoms with E-state index < -0.39 is 5.97 Å². The van der Waals surface area contributed by atoms with Crippen molar-refractivity contribution >= 4 is 11.6 Å². The third kappa shape index (κ3) is 1.60. The fraction of sp³-hybridized carbons (Fsp3) is 0.385. The predicted octanol–water partition coefficient (Wildman–Crippen LogP) is 2.47. The van der Waals surface area contributed by atoms with Crippen molar-refractivity contribution in [3.05, 3.63) is 35.3 Å². The van der Waals surface area contributed by atoms with Crippen molar-refractivity contribution in [2.45, 2.75) is 32.1 Å². The van der Waals surface area contributed by atoms with E-state index in [0.29, 0.717) is 23.7 Å². The van der Waals surface area contributed by atoms with Gasteiger partial charge in [-0.3, -0.25) is 4.40 Å². The SMILES string of the molecule is CCc1nc2cc(C3CC3)ccn2c1C(=O)O. The first-order valence-corrected chi connectivity index (χ1v) is 5.95. The largest absolute Gasteiger partial charge is 0.477 e. The van der Waals surface area contributed by atoms with Gasteiger partial charge in [-0.25, -0.2) is 9.78 Å². The molecule has 1 fully saturated rings. The molecular weight excluding hydrogens is 216 g/mol. The molecule has 2 aromatic heterocycles. The Kier molecular flexibility index (Phi) is 2.18. The molecule has 2 heterocycles. The van der Waals surface area contributed by atoms with Crippen LogP contribution in [0, 0.1) is 0 Å². The lowest BCUT2D eigenvalue weighted by atomic mass is 10.2. The maximum atomic E-state index is 11.2. The fourth-order valence-electron chi connectivity index (χ4n) is 2.25. The van der Waals surface area contributed by atoms with Crippen molar-refractivity contribution in [1.29, 1.82) is 0 Å². The molecule has 0 unspecified atom stereocenters. The third-order valence-corrected chi connectivity index (χ3v) is 3.31. The van der Waals surface area contributed by atoms with Crippen molar-refractivity contribution < 1.29 is 9.90 Å². The van der Waals surface area contributed by atoms with E-state index in [4.69, 9.17) is 0 Å². The molecule has 0 bridgehead atoms. The average Bonchev–Trinajstić information content (AvgIpc) is 3.08. The number of carboxylic acids is 1.